The van der Waals surface area contributed by atoms with Crippen molar-refractivity contribution in [3.05, 3.63) is 46.0 Å². The van der Waals surface area contributed by atoms with Gasteiger partial charge in [-0.3, -0.25) is 0 Å². The molecule has 134 valence electrons. The van der Waals surface area contributed by atoms with Gasteiger partial charge in [-0.05, 0) is 46.3 Å². The summed E-state index contributed by atoms with van der Waals surface area (Å²) in [7, 11) is -2.09. The molecular weight excluding hydrogens is 430 g/mol. The lowest BCUT2D eigenvalue weighted by Gasteiger charge is -2.34. The first-order chi connectivity index (χ1) is 11.9. The van der Waals surface area contributed by atoms with Crippen molar-refractivity contribution in [3.8, 4) is 5.75 Å². The molecule has 6 nitrogen and oxygen atoms in total. The quantitative estimate of drug-likeness (QED) is 0.722. The normalized spacial score (nSPS) is 16.0. The van der Waals surface area contributed by atoms with Gasteiger partial charge in [0, 0.05) is 36.8 Å². The van der Waals surface area contributed by atoms with Crippen LogP contribution in [-0.4, -0.2) is 51.0 Å². The number of halogens is 2. The molecule has 2 heterocycles. The molecule has 0 amide bonds. The van der Waals surface area contributed by atoms with Crippen molar-refractivity contribution in [2.24, 2.45) is 0 Å². The Balaban J connectivity index is 1.73. The minimum atomic E-state index is -3.58. The lowest BCUT2D eigenvalue weighted by molar-refractivity contribution is 0.383. The SMILES string of the molecule is COc1ccc(S(=O)(=O)N2CCN(c3ccc(Br)cn3)CC2)cc1Cl. The number of ether oxygens (including phenoxy) is 1. The zero-order chi connectivity index (χ0) is 18.0. The Morgan fingerprint density at radius 1 is 1.16 bits per heavy atom. The molecule has 9 heteroatoms. The molecule has 0 unspecified atom stereocenters. The van der Waals surface area contributed by atoms with Crippen molar-refractivity contribution in [2.45, 2.75) is 4.90 Å². The van der Waals surface area contributed by atoms with E-state index in [4.69, 9.17) is 16.3 Å². The van der Waals surface area contributed by atoms with E-state index in [0.717, 1.165) is 10.3 Å². The fourth-order valence-corrected chi connectivity index (χ4v) is 4.68. The fourth-order valence-electron chi connectivity index (χ4n) is 2.67. The van der Waals surface area contributed by atoms with Crippen LogP contribution in [0.1, 0.15) is 0 Å². The molecule has 1 aliphatic rings. The van der Waals surface area contributed by atoms with E-state index in [2.05, 4.69) is 25.8 Å². The molecule has 0 saturated carbocycles. The summed E-state index contributed by atoms with van der Waals surface area (Å²) in [4.78, 5) is 6.60. The summed E-state index contributed by atoms with van der Waals surface area (Å²) >= 11 is 9.42. The maximum absolute atomic E-state index is 12.8. The summed E-state index contributed by atoms with van der Waals surface area (Å²) in [5.74, 6) is 1.29. The summed E-state index contributed by atoms with van der Waals surface area (Å²) in [6.07, 6.45) is 1.73. The predicted octanol–water partition coefficient (Wildman–Crippen LogP) is 3.02. The van der Waals surface area contributed by atoms with Crippen LogP contribution in [-0.2, 0) is 10.0 Å². The average Bonchev–Trinajstić information content (AvgIpc) is 2.62. The molecule has 1 aliphatic heterocycles. The fraction of sp³-hybridized carbons (Fsp3) is 0.312. The van der Waals surface area contributed by atoms with Gasteiger partial charge in [-0.15, -0.1) is 0 Å². The van der Waals surface area contributed by atoms with E-state index in [1.165, 1.54) is 23.5 Å². The third-order valence-corrected chi connectivity index (χ3v) is 6.69. The van der Waals surface area contributed by atoms with Crippen molar-refractivity contribution < 1.29 is 13.2 Å². The zero-order valence-electron chi connectivity index (χ0n) is 13.5. The van der Waals surface area contributed by atoms with E-state index in [1.54, 1.807) is 12.3 Å². The van der Waals surface area contributed by atoms with E-state index in [0.29, 0.717) is 31.9 Å². The smallest absolute Gasteiger partial charge is 0.243 e. The Morgan fingerprint density at radius 2 is 1.88 bits per heavy atom. The molecule has 2 aromatic rings. The zero-order valence-corrected chi connectivity index (χ0v) is 16.7. The first kappa shape index (κ1) is 18.4. The molecule has 1 aromatic carbocycles. The van der Waals surface area contributed by atoms with Gasteiger partial charge in [-0.25, -0.2) is 13.4 Å². The number of benzene rings is 1. The Hall–Kier alpha value is -1.35. The Morgan fingerprint density at radius 3 is 2.44 bits per heavy atom. The lowest BCUT2D eigenvalue weighted by Crippen LogP contribution is -2.48. The Kier molecular flexibility index (Phi) is 5.52. The lowest BCUT2D eigenvalue weighted by atomic mass is 10.3. The molecule has 0 aliphatic carbocycles. The van der Waals surface area contributed by atoms with Gasteiger partial charge in [0.05, 0.1) is 17.0 Å². The van der Waals surface area contributed by atoms with Crippen LogP contribution in [0, 0.1) is 0 Å². The number of rotatable bonds is 4. The Labute approximate surface area is 160 Å². The summed E-state index contributed by atoms with van der Waals surface area (Å²) in [6, 6.07) is 8.35. The summed E-state index contributed by atoms with van der Waals surface area (Å²) in [6.45, 7) is 1.95. The molecular formula is C16H17BrClN3O3S. The predicted molar refractivity (Wildman–Crippen MR) is 101 cm³/mol. The highest BCUT2D eigenvalue weighted by Gasteiger charge is 2.29. The van der Waals surface area contributed by atoms with E-state index >= 15 is 0 Å². The minimum Gasteiger partial charge on any atom is -0.495 e. The molecule has 0 radical (unpaired) electrons. The average molecular weight is 447 g/mol. The second-order valence-corrected chi connectivity index (χ2v) is 8.78. The van der Waals surface area contributed by atoms with Crippen LogP contribution < -0.4 is 9.64 Å². The van der Waals surface area contributed by atoms with Crippen molar-refractivity contribution in [1.82, 2.24) is 9.29 Å². The van der Waals surface area contributed by atoms with Crippen LogP contribution in [0.2, 0.25) is 5.02 Å². The highest BCUT2D eigenvalue weighted by molar-refractivity contribution is 9.10. The maximum Gasteiger partial charge on any atom is 0.243 e. The molecule has 25 heavy (non-hydrogen) atoms. The van der Waals surface area contributed by atoms with Crippen molar-refractivity contribution in [3.63, 3.8) is 0 Å². The van der Waals surface area contributed by atoms with Crippen molar-refractivity contribution >= 4 is 43.4 Å². The molecule has 0 atom stereocenters. The molecule has 1 fully saturated rings. The number of hydrogen-bond acceptors (Lipinski definition) is 5. The van der Waals surface area contributed by atoms with Crippen LogP contribution in [0.3, 0.4) is 0 Å². The van der Waals surface area contributed by atoms with Crippen molar-refractivity contribution in [2.75, 3.05) is 38.2 Å². The number of piperazine rings is 1. The summed E-state index contributed by atoms with van der Waals surface area (Å²) in [5, 5.41) is 0.279. The molecule has 1 aromatic heterocycles. The molecule has 0 spiro atoms. The van der Waals surface area contributed by atoms with Gasteiger partial charge in [-0.1, -0.05) is 11.6 Å². The topological polar surface area (TPSA) is 62.7 Å². The van der Waals surface area contributed by atoms with E-state index in [9.17, 15) is 8.42 Å². The molecule has 3 rings (SSSR count). The number of anilines is 1. The number of hydrogen-bond donors (Lipinski definition) is 0. The van der Waals surface area contributed by atoms with Gasteiger partial charge in [0.15, 0.2) is 0 Å². The van der Waals surface area contributed by atoms with E-state index < -0.39 is 10.0 Å². The highest BCUT2D eigenvalue weighted by atomic mass is 79.9. The van der Waals surface area contributed by atoms with Crippen LogP contribution in [0.25, 0.3) is 0 Å². The van der Waals surface area contributed by atoms with Crippen LogP contribution in [0.15, 0.2) is 45.9 Å². The number of methoxy groups -OCH3 is 1. The molecule has 0 bridgehead atoms. The van der Waals surface area contributed by atoms with Crippen LogP contribution in [0.5, 0.6) is 5.75 Å². The number of aromatic nitrogens is 1. The Bertz CT molecular complexity index is 853. The van der Waals surface area contributed by atoms with Gasteiger partial charge in [0.1, 0.15) is 11.6 Å². The van der Waals surface area contributed by atoms with Gasteiger partial charge in [0.2, 0.25) is 10.0 Å². The van der Waals surface area contributed by atoms with E-state index in [1.807, 2.05) is 12.1 Å². The van der Waals surface area contributed by atoms with Gasteiger partial charge >= 0.3 is 0 Å². The number of pyridine rings is 1. The number of sulfonamides is 1. The third-order valence-electron chi connectivity index (χ3n) is 4.04. The maximum atomic E-state index is 12.8. The molecule has 1 saturated heterocycles. The first-order valence-corrected chi connectivity index (χ1v) is 10.2. The second kappa shape index (κ2) is 7.49. The largest absolute Gasteiger partial charge is 0.495 e. The molecule has 0 N–H and O–H groups in total. The van der Waals surface area contributed by atoms with Crippen LogP contribution >= 0.6 is 27.5 Å². The second-order valence-electron chi connectivity index (χ2n) is 5.52. The van der Waals surface area contributed by atoms with Crippen LogP contribution in [0.4, 0.5) is 5.82 Å². The van der Waals surface area contributed by atoms with Crippen molar-refractivity contribution in [1.29, 1.82) is 0 Å². The minimum absolute atomic E-state index is 0.175. The standard InChI is InChI=1S/C16H17BrClN3O3S/c1-24-15-4-3-13(10-14(15)18)25(22,23)21-8-6-20(7-9-21)16-5-2-12(17)11-19-16/h2-5,10-11H,6-9H2,1H3. The van der Waals surface area contributed by atoms with Gasteiger partial charge < -0.3 is 9.64 Å². The van der Waals surface area contributed by atoms with Gasteiger partial charge in [-0.2, -0.15) is 4.31 Å². The first-order valence-electron chi connectivity index (χ1n) is 7.62. The summed E-state index contributed by atoms with van der Waals surface area (Å²) in [5.41, 5.74) is 0. The third kappa shape index (κ3) is 3.92. The van der Waals surface area contributed by atoms with Gasteiger partial charge in [0.25, 0.3) is 0 Å². The van der Waals surface area contributed by atoms with E-state index in [-0.39, 0.29) is 9.92 Å². The monoisotopic (exact) mass is 445 g/mol. The summed E-state index contributed by atoms with van der Waals surface area (Å²) < 4.78 is 33.1. The number of nitrogens with zero attached hydrogens (tertiary/aromatic N) is 3. The highest BCUT2D eigenvalue weighted by Crippen LogP contribution is 2.29.